The Labute approximate surface area is 173 Å². The zero-order chi connectivity index (χ0) is 19.7. The predicted octanol–water partition coefficient (Wildman–Crippen LogP) is 4.26. The van der Waals surface area contributed by atoms with Gasteiger partial charge in [0.05, 0.1) is 13.2 Å². The summed E-state index contributed by atoms with van der Waals surface area (Å²) in [6.45, 7) is 6.55. The molecule has 6 heteroatoms. The molecule has 0 aromatic heterocycles. The molecule has 2 atom stereocenters. The van der Waals surface area contributed by atoms with Crippen molar-refractivity contribution in [3.05, 3.63) is 48.5 Å². The molecule has 0 radical (unpaired) electrons. The molecule has 2 unspecified atom stereocenters. The van der Waals surface area contributed by atoms with Crippen LogP contribution in [0.15, 0.2) is 48.5 Å². The van der Waals surface area contributed by atoms with Gasteiger partial charge < -0.3 is 20.5 Å². The molecule has 0 aliphatic heterocycles. The number of para-hydroxylation sites is 1. The number of carbonyl (C=O) groups is 1. The molecule has 1 aliphatic carbocycles. The lowest BCUT2D eigenvalue weighted by atomic mass is 9.54. The molecule has 28 heavy (non-hydrogen) atoms. The van der Waals surface area contributed by atoms with E-state index in [4.69, 9.17) is 15.2 Å². The first-order chi connectivity index (χ1) is 12.8. The molecule has 0 spiro atoms. The van der Waals surface area contributed by atoms with Crippen LogP contribution in [0.5, 0.6) is 5.75 Å². The molecule has 1 amide bonds. The van der Waals surface area contributed by atoms with Gasteiger partial charge in [0, 0.05) is 29.7 Å². The van der Waals surface area contributed by atoms with E-state index in [9.17, 15) is 4.79 Å². The summed E-state index contributed by atoms with van der Waals surface area (Å²) in [4.78, 5) is 12.9. The normalized spacial score (nSPS) is 22.5. The Kier molecular flexibility index (Phi) is 6.75. The van der Waals surface area contributed by atoms with Crippen molar-refractivity contribution in [2.24, 2.45) is 11.1 Å². The first kappa shape index (κ1) is 22.2. The van der Waals surface area contributed by atoms with Crippen LogP contribution in [0.1, 0.15) is 27.2 Å². The van der Waals surface area contributed by atoms with Crippen LogP contribution in [0.2, 0.25) is 0 Å². The lowest BCUT2D eigenvalue weighted by Crippen LogP contribution is -2.74. The van der Waals surface area contributed by atoms with Crippen LogP contribution in [0.3, 0.4) is 0 Å². The second kappa shape index (κ2) is 8.52. The van der Waals surface area contributed by atoms with Crippen LogP contribution in [-0.2, 0) is 9.53 Å². The van der Waals surface area contributed by atoms with Gasteiger partial charge >= 0.3 is 0 Å². The number of rotatable bonds is 6. The summed E-state index contributed by atoms with van der Waals surface area (Å²) in [5, 5.41) is 2.99. The fourth-order valence-corrected chi connectivity index (χ4v) is 3.71. The van der Waals surface area contributed by atoms with Crippen molar-refractivity contribution in [2.45, 2.75) is 38.8 Å². The number of ether oxygens (including phenoxy) is 2. The van der Waals surface area contributed by atoms with Gasteiger partial charge in [-0.3, -0.25) is 4.79 Å². The van der Waals surface area contributed by atoms with Crippen molar-refractivity contribution in [1.82, 2.24) is 0 Å². The molecule has 1 saturated carbocycles. The van der Waals surface area contributed by atoms with E-state index in [-0.39, 0.29) is 24.4 Å². The number of nitrogens with two attached hydrogens (primary N) is 1. The van der Waals surface area contributed by atoms with Crippen molar-refractivity contribution < 1.29 is 14.3 Å². The minimum Gasteiger partial charge on any atom is -0.496 e. The molecule has 0 bridgehead atoms. The van der Waals surface area contributed by atoms with Gasteiger partial charge in [0.15, 0.2) is 0 Å². The van der Waals surface area contributed by atoms with Crippen molar-refractivity contribution in [3.8, 4) is 16.9 Å². The number of hydrogen-bond donors (Lipinski definition) is 2. The van der Waals surface area contributed by atoms with E-state index in [1.807, 2.05) is 69.3 Å². The van der Waals surface area contributed by atoms with Crippen LogP contribution in [0.25, 0.3) is 11.1 Å². The van der Waals surface area contributed by atoms with Gasteiger partial charge in [0.25, 0.3) is 0 Å². The molecule has 0 saturated heterocycles. The van der Waals surface area contributed by atoms with Gasteiger partial charge in [-0.2, -0.15) is 0 Å². The largest absolute Gasteiger partial charge is 0.496 e. The second-order valence-electron chi connectivity index (χ2n) is 7.58. The van der Waals surface area contributed by atoms with E-state index in [0.29, 0.717) is 18.7 Å². The first-order valence-corrected chi connectivity index (χ1v) is 9.29. The highest BCUT2D eigenvalue weighted by molar-refractivity contribution is 6.00. The molecule has 2 aromatic rings. The first-order valence-electron chi connectivity index (χ1n) is 9.29. The predicted molar refractivity (Wildman–Crippen MR) is 115 cm³/mol. The average Bonchev–Trinajstić information content (AvgIpc) is 2.67. The summed E-state index contributed by atoms with van der Waals surface area (Å²) in [6.07, 6.45) is 0.518. The van der Waals surface area contributed by atoms with E-state index in [2.05, 4.69) is 5.32 Å². The molecule has 5 nitrogen and oxygen atoms in total. The summed E-state index contributed by atoms with van der Waals surface area (Å²) in [6, 6.07) is 15.5. The van der Waals surface area contributed by atoms with Gasteiger partial charge in [-0.05, 0) is 30.7 Å². The fourth-order valence-electron chi connectivity index (χ4n) is 3.71. The van der Waals surface area contributed by atoms with E-state index in [1.54, 1.807) is 7.11 Å². The van der Waals surface area contributed by atoms with Gasteiger partial charge in [-0.1, -0.05) is 44.2 Å². The Hall–Kier alpha value is -2.08. The van der Waals surface area contributed by atoms with Gasteiger partial charge in [-0.15, -0.1) is 12.4 Å². The molecular formula is C22H29ClN2O3. The van der Waals surface area contributed by atoms with E-state index in [0.717, 1.165) is 16.9 Å². The van der Waals surface area contributed by atoms with Crippen LogP contribution >= 0.6 is 12.4 Å². The Balaban J connectivity index is 0.00000280. The third-order valence-corrected chi connectivity index (χ3v) is 5.77. The van der Waals surface area contributed by atoms with Crippen LogP contribution in [0, 0.1) is 5.41 Å². The Morgan fingerprint density at radius 3 is 2.57 bits per heavy atom. The van der Waals surface area contributed by atoms with E-state index in [1.165, 1.54) is 0 Å². The van der Waals surface area contributed by atoms with E-state index >= 15 is 0 Å². The Morgan fingerprint density at radius 2 is 1.93 bits per heavy atom. The number of anilines is 1. The molecule has 152 valence electrons. The summed E-state index contributed by atoms with van der Waals surface area (Å²) < 4.78 is 11.2. The van der Waals surface area contributed by atoms with Crippen molar-refractivity contribution in [1.29, 1.82) is 0 Å². The third kappa shape index (κ3) is 3.75. The van der Waals surface area contributed by atoms with Gasteiger partial charge in [0.1, 0.15) is 11.3 Å². The molecular weight excluding hydrogens is 376 g/mol. The zero-order valence-electron chi connectivity index (χ0n) is 16.8. The Morgan fingerprint density at radius 1 is 1.21 bits per heavy atom. The molecule has 0 heterocycles. The maximum atomic E-state index is 12.9. The topological polar surface area (TPSA) is 73.6 Å². The van der Waals surface area contributed by atoms with E-state index < -0.39 is 11.0 Å². The van der Waals surface area contributed by atoms with Crippen LogP contribution in [0.4, 0.5) is 5.69 Å². The number of nitrogens with one attached hydrogen (secondary N) is 1. The van der Waals surface area contributed by atoms with Crippen LogP contribution in [-0.4, -0.2) is 31.3 Å². The highest BCUT2D eigenvalue weighted by Gasteiger charge is 2.62. The van der Waals surface area contributed by atoms with Gasteiger partial charge in [-0.25, -0.2) is 0 Å². The molecule has 3 N–H and O–H groups in total. The summed E-state index contributed by atoms with van der Waals surface area (Å²) in [7, 11) is 1.65. The summed E-state index contributed by atoms with van der Waals surface area (Å²) in [5.74, 6) is 0.608. The average molecular weight is 405 g/mol. The second-order valence-corrected chi connectivity index (χ2v) is 7.58. The number of amides is 1. The smallest absolute Gasteiger partial charge is 0.245 e. The van der Waals surface area contributed by atoms with Crippen LogP contribution < -0.4 is 15.8 Å². The summed E-state index contributed by atoms with van der Waals surface area (Å²) >= 11 is 0. The van der Waals surface area contributed by atoms with Gasteiger partial charge in [0.2, 0.25) is 5.91 Å². The SMILES string of the molecule is CCOC1CC(N)(C(=O)Nc2cccc(-c3ccccc3OC)c2)C1(C)C.Cl. The number of halogens is 1. The van der Waals surface area contributed by atoms with Crippen molar-refractivity contribution >= 4 is 24.0 Å². The lowest BCUT2D eigenvalue weighted by molar-refractivity contribution is -0.166. The number of carbonyl (C=O) groups excluding carboxylic acids is 1. The number of hydrogen-bond acceptors (Lipinski definition) is 4. The third-order valence-electron chi connectivity index (χ3n) is 5.77. The van der Waals surface area contributed by atoms with Crippen molar-refractivity contribution in [2.75, 3.05) is 19.0 Å². The standard InChI is InChI=1S/C22H28N2O3.ClH/c1-5-27-19-14-22(23,21(19,2)3)20(25)24-16-10-8-9-15(13-16)17-11-6-7-12-18(17)26-4;/h6-13,19H,5,14,23H2,1-4H3,(H,24,25);1H. The monoisotopic (exact) mass is 404 g/mol. The maximum Gasteiger partial charge on any atom is 0.245 e. The molecule has 1 aliphatic rings. The highest BCUT2D eigenvalue weighted by Crippen LogP contribution is 2.50. The van der Waals surface area contributed by atoms with Crippen molar-refractivity contribution in [3.63, 3.8) is 0 Å². The number of benzene rings is 2. The highest BCUT2D eigenvalue weighted by atomic mass is 35.5. The fraction of sp³-hybridized carbons (Fsp3) is 0.409. The molecule has 3 rings (SSSR count). The Bertz CT molecular complexity index is 840. The minimum absolute atomic E-state index is 0. The molecule has 1 fully saturated rings. The zero-order valence-corrected chi connectivity index (χ0v) is 17.6. The number of methoxy groups -OCH3 is 1. The molecule has 2 aromatic carbocycles. The lowest BCUT2D eigenvalue weighted by Gasteiger charge is -2.57. The quantitative estimate of drug-likeness (QED) is 0.754. The summed E-state index contributed by atoms with van der Waals surface area (Å²) in [5.41, 5.74) is 7.75. The minimum atomic E-state index is -0.951. The maximum absolute atomic E-state index is 12.9.